The molecule has 0 aliphatic carbocycles. The first-order valence-electron chi connectivity index (χ1n) is 7.95. The molecule has 6 heteroatoms. The van der Waals surface area contributed by atoms with E-state index in [1.54, 1.807) is 17.1 Å². The molecule has 2 aromatic heterocycles. The van der Waals surface area contributed by atoms with E-state index in [9.17, 15) is 4.79 Å². The fourth-order valence-corrected chi connectivity index (χ4v) is 3.46. The summed E-state index contributed by atoms with van der Waals surface area (Å²) in [6, 6.07) is 4.38. The smallest absolute Gasteiger partial charge is 0.254 e. The third kappa shape index (κ3) is 3.27. The van der Waals surface area contributed by atoms with Crippen molar-refractivity contribution < 1.29 is 4.79 Å². The van der Waals surface area contributed by atoms with Crippen LogP contribution in [0, 0.1) is 12.8 Å². The van der Waals surface area contributed by atoms with Crippen molar-refractivity contribution in [1.29, 1.82) is 0 Å². The Morgan fingerprint density at radius 2 is 2.26 bits per heavy atom. The zero-order valence-corrected chi connectivity index (χ0v) is 13.9. The Balaban J connectivity index is 1.67. The van der Waals surface area contributed by atoms with Crippen molar-refractivity contribution in [2.24, 2.45) is 13.0 Å². The van der Waals surface area contributed by atoms with Crippen molar-refractivity contribution in [2.45, 2.75) is 19.4 Å². The highest BCUT2D eigenvalue weighted by molar-refractivity contribution is 5.94. The zero-order valence-electron chi connectivity index (χ0n) is 13.9. The van der Waals surface area contributed by atoms with Crippen LogP contribution in [0.3, 0.4) is 0 Å². The van der Waals surface area contributed by atoms with Crippen LogP contribution in [0.15, 0.2) is 30.7 Å². The van der Waals surface area contributed by atoms with Gasteiger partial charge >= 0.3 is 0 Å². The molecule has 1 aliphatic rings. The van der Waals surface area contributed by atoms with Gasteiger partial charge in [-0.25, -0.2) is 0 Å². The summed E-state index contributed by atoms with van der Waals surface area (Å²) in [5.74, 6) is 0.347. The van der Waals surface area contributed by atoms with Crippen LogP contribution in [0.5, 0.6) is 0 Å². The van der Waals surface area contributed by atoms with E-state index in [0.29, 0.717) is 24.1 Å². The molecule has 6 nitrogen and oxygen atoms in total. The Morgan fingerprint density at radius 3 is 2.91 bits per heavy atom. The summed E-state index contributed by atoms with van der Waals surface area (Å²) in [4.78, 5) is 18.9. The Kier molecular flexibility index (Phi) is 4.43. The first-order valence-corrected chi connectivity index (χ1v) is 7.95. The second kappa shape index (κ2) is 6.50. The topological polar surface area (TPSA) is 63.1 Å². The molecule has 1 fully saturated rings. The minimum atomic E-state index is -0.0462. The quantitative estimate of drug-likeness (QED) is 0.930. The van der Waals surface area contributed by atoms with Gasteiger partial charge in [-0.3, -0.25) is 19.4 Å². The minimum absolute atomic E-state index is 0.0462. The average molecular weight is 313 g/mol. The standard InChI is InChI=1S/C17H23N5O/c1-12-15(11-22(3)20-12)17(23)19-10-14-6-8-21(2)16(14)13-5-4-7-18-9-13/h4-5,7,9,11,14,16H,6,8,10H2,1-3H3,(H,19,23)/t14-,16-/m0/s1. The average Bonchev–Trinajstić information content (AvgIpc) is 3.08. The van der Waals surface area contributed by atoms with Gasteiger partial charge < -0.3 is 5.32 Å². The summed E-state index contributed by atoms with van der Waals surface area (Å²) >= 11 is 0. The number of pyridine rings is 1. The maximum atomic E-state index is 12.4. The molecule has 1 aliphatic heterocycles. The Hall–Kier alpha value is -2.21. The second-order valence-electron chi connectivity index (χ2n) is 6.27. The molecule has 3 heterocycles. The van der Waals surface area contributed by atoms with Gasteiger partial charge in [0.2, 0.25) is 0 Å². The Labute approximate surface area is 136 Å². The molecule has 3 rings (SSSR count). The number of aromatic nitrogens is 3. The molecule has 1 amide bonds. The monoisotopic (exact) mass is 313 g/mol. The first kappa shape index (κ1) is 15.7. The van der Waals surface area contributed by atoms with Gasteiger partial charge in [-0.2, -0.15) is 5.10 Å². The van der Waals surface area contributed by atoms with E-state index < -0.39 is 0 Å². The molecule has 0 bridgehead atoms. The van der Waals surface area contributed by atoms with E-state index in [4.69, 9.17) is 0 Å². The van der Waals surface area contributed by atoms with Crippen LogP contribution >= 0.6 is 0 Å². The van der Waals surface area contributed by atoms with Crippen LogP contribution < -0.4 is 5.32 Å². The fraction of sp³-hybridized carbons (Fsp3) is 0.471. The predicted molar refractivity (Wildman–Crippen MR) is 88.0 cm³/mol. The zero-order chi connectivity index (χ0) is 16.4. The summed E-state index contributed by atoms with van der Waals surface area (Å²) in [6.45, 7) is 3.56. The van der Waals surface area contributed by atoms with Gasteiger partial charge in [0.1, 0.15) is 0 Å². The highest BCUT2D eigenvalue weighted by Crippen LogP contribution is 2.35. The molecule has 1 saturated heterocycles. The lowest BCUT2D eigenvalue weighted by atomic mass is 9.94. The van der Waals surface area contributed by atoms with Crippen LogP contribution in [0.25, 0.3) is 0 Å². The molecule has 122 valence electrons. The molecule has 2 atom stereocenters. The molecule has 0 unspecified atom stereocenters. The van der Waals surface area contributed by atoms with Crippen molar-refractivity contribution in [3.8, 4) is 0 Å². The van der Waals surface area contributed by atoms with E-state index in [1.165, 1.54) is 5.56 Å². The number of rotatable bonds is 4. The van der Waals surface area contributed by atoms with Crippen LogP contribution in [0.4, 0.5) is 0 Å². The van der Waals surface area contributed by atoms with Gasteiger partial charge in [-0.1, -0.05) is 6.07 Å². The molecule has 0 saturated carbocycles. The highest BCUT2D eigenvalue weighted by atomic mass is 16.1. The highest BCUT2D eigenvalue weighted by Gasteiger charge is 2.33. The number of nitrogens with one attached hydrogen (secondary N) is 1. The Bertz CT molecular complexity index is 682. The first-order chi connectivity index (χ1) is 11.1. The summed E-state index contributed by atoms with van der Waals surface area (Å²) in [5.41, 5.74) is 2.62. The summed E-state index contributed by atoms with van der Waals surface area (Å²) < 4.78 is 1.67. The lowest BCUT2D eigenvalue weighted by Gasteiger charge is -2.25. The van der Waals surface area contributed by atoms with E-state index in [2.05, 4.69) is 33.4 Å². The summed E-state index contributed by atoms with van der Waals surface area (Å²) in [7, 11) is 3.96. The maximum Gasteiger partial charge on any atom is 0.254 e. The molecular formula is C17H23N5O. The summed E-state index contributed by atoms with van der Waals surface area (Å²) in [5, 5.41) is 7.30. The molecule has 1 N–H and O–H groups in total. The molecule has 2 aromatic rings. The number of carbonyl (C=O) groups is 1. The van der Waals surface area contributed by atoms with E-state index >= 15 is 0 Å². The second-order valence-corrected chi connectivity index (χ2v) is 6.27. The van der Waals surface area contributed by atoms with Gasteiger partial charge in [-0.05, 0) is 44.5 Å². The number of carbonyl (C=O) groups excluding carboxylic acids is 1. The number of hydrogen-bond donors (Lipinski definition) is 1. The number of nitrogens with zero attached hydrogens (tertiary/aromatic N) is 4. The van der Waals surface area contributed by atoms with Crippen molar-refractivity contribution in [1.82, 2.24) is 25.0 Å². The van der Waals surface area contributed by atoms with Crippen LogP contribution in [0.2, 0.25) is 0 Å². The third-order valence-corrected chi connectivity index (χ3v) is 4.58. The maximum absolute atomic E-state index is 12.4. The Morgan fingerprint density at radius 1 is 1.43 bits per heavy atom. The molecule has 23 heavy (non-hydrogen) atoms. The van der Waals surface area contributed by atoms with Gasteiger partial charge in [0.15, 0.2) is 0 Å². The van der Waals surface area contributed by atoms with Crippen molar-refractivity contribution in [3.63, 3.8) is 0 Å². The van der Waals surface area contributed by atoms with E-state index in [1.807, 2.05) is 26.2 Å². The van der Waals surface area contributed by atoms with E-state index in [0.717, 1.165) is 18.7 Å². The molecule has 0 radical (unpaired) electrons. The van der Waals surface area contributed by atoms with Gasteiger partial charge in [0.05, 0.1) is 11.3 Å². The largest absolute Gasteiger partial charge is 0.352 e. The van der Waals surface area contributed by atoms with Crippen molar-refractivity contribution in [3.05, 3.63) is 47.5 Å². The van der Waals surface area contributed by atoms with Crippen molar-refractivity contribution in [2.75, 3.05) is 20.1 Å². The van der Waals surface area contributed by atoms with Crippen LogP contribution in [-0.4, -0.2) is 45.7 Å². The number of amides is 1. The van der Waals surface area contributed by atoms with Gasteiger partial charge in [0, 0.05) is 38.2 Å². The molecule has 0 aromatic carbocycles. The number of likely N-dealkylation sites (tertiary alicyclic amines) is 1. The fourth-order valence-electron chi connectivity index (χ4n) is 3.46. The van der Waals surface area contributed by atoms with E-state index in [-0.39, 0.29) is 5.91 Å². The van der Waals surface area contributed by atoms with Gasteiger partial charge in [0.25, 0.3) is 5.91 Å². The molecule has 0 spiro atoms. The third-order valence-electron chi connectivity index (χ3n) is 4.58. The summed E-state index contributed by atoms with van der Waals surface area (Å²) in [6.07, 6.45) is 6.55. The van der Waals surface area contributed by atoms with Crippen LogP contribution in [0.1, 0.15) is 34.1 Å². The minimum Gasteiger partial charge on any atom is -0.352 e. The van der Waals surface area contributed by atoms with Crippen molar-refractivity contribution >= 4 is 5.91 Å². The predicted octanol–water partition coefficient (Wildman–Crippen LogP) is 1.55. The lowest BCUT2D eigenvalue weighted by molar-refractivity contribution is 0.0943. The number of aryl methyl sites for hydroxylation is 2. The number of hydrogen-bond acceptors (Lipinski definition) is 4. The SMILES string of the molecule is Cc1nn(C)cc1C(=O)NC[C@@H]1CCN(C)[C@H]1c1cccnc1. The normalized spacial score (nSPS) is 21.5. The van der Waals surface area contributed by atoms with Gasteiger partial charge in [-0.15, -0.1) is 0 Å². The lowest BCUT2D eigenvalue weighted by Crippen LogP contribution is -2.32. The molecular weight excluding hydrogens is 290 g/mol. The van der Waals surface area contributed by atoms with Crippen LogP contribution in [-0.2, 0) is 7.05 Å².